The fourth-order valence-electron chi connectivity index (χ4n) is 2.42. The SMILES string of the molecule is CCCC(CN(C)Cc1cccc(OC)c1)NCC. The highest BCUT2D eigenvalue weighted by atomic mass is 16.5. The van der Waals surface area contributed by atoms with Gasteiger partial charge in [-0.3, -0.25) is 0 Å². The van der Waals surface area contributed by atoms with Crippen LogP contribution in [0.3, 0.4) is 0 Å². The van der Waals surface area contributed by atoms with Gasteiger partial charge >= 0.3 is 0 Å². The molecule has 0 aliphatic carbocycles. The fourth-order valence-corrected chi connectivity index (χ4v) is 2.42. The second kappa shape index (κ2) is 8.94. The van der Waals surface area contributed by atoms with Gasteiger partial charge in [0, 0.05) is 19.1 Å². The molecule has 0 saturated heterocycles. The molecular weight excluding hydrogens is 236 g/mol. The van der Waals surface area contributed by atoms with Gasteiger partial charge in [-0.2, -0.15) is 0 Å². The van der Waals surface area contributed by atoms with Crippen LogP contribution in [0.1, 0.15) is 32.3 Å². The number of ether oxygens (including phenoxy) is 1. The van der Waals surface area contributed by atoms with E-state index in [1.165, 1.54) is 18.4 Å². The molecule has 3 nitrogen and oxygen atoms in total. The second-order valence-corrected chi connectivity index (χ2v) is 5.09. The summed E-state index contributed by atoms with van der Waals surface area (Å²) in [4.78, 5) is 2.37. The van der Waals surface area contributed by atoms with Crippen LogP contribution in [0.5, 0.6) is 5.75 Å². The van der Waals surface area contributed by atoms with Crippen molar-refractivity contribution in [2.45, 2.75) is 39.3 Å². The average molecular weight is 264 g/mol. The van der Waals surface area contributed by atoms with Gasteiger partial charge in [-0.15, -0.1) is 0 Å². The molecule has 3 heteroatoms. The predicted molar refractivity (Wildman–Crippen MR) is 81.7 cm³/mol. The number of benzene rings is 1. The zero-order valence-electron chi connectivity index (χ0n) is 12.8. The maximum absolute atomic E-state index is 5.26. The van der Waals surface area contributed by atoms with E-state index >= 15 is 0 Å². The molecule has 0 aromatic heterocycles. The molecule has 19 heavy (non-hydrogen) atoms. The standard InChI is InChI=1S/C16H28N2O/c1-5-8-15(17-6-2)13-18(3)12-14-9-7-10-16(11-14)19-4/h7,9-11,15,17H,5-6,8,12-13H2,1-4H3. The number of hydrogen-bond acceptors (Lipinski definition) is 3. The van der Waals surface area contributed by atoms with E-state index in [9.17, 15) is 0 Å². The Morgan fingerprint density at radius 3 is 2.74 bits per heavy atom. The number of hydrogen-bond donors (Lipinski definition) is 1. The van der Waals surface area contributed by atoms with Gasteiger partial charge in [0.15, 0.2) is 0 Å². The average Bonchev–Trinajstić information content (AvgIpc) is 2.39. The summed E-state index contributed by atoms with van der Waals surface area (Å²) in [5.41, 5.74) is 1.30. The normalized spacial score (nSPS) is 12.7. The van der Waals surface area contributed by atoms with Crippen molar-refractivity contribution in [1.29, 1.82) is 0 Å². The van der Waals surface area contributed by atoms with Gasteiger partial charge < -0.3 is 15.0 Å². The van der Waals surface area contributed by atoms with Gasteiger partial charge in [0.05, 0.1) is 7.11 Å². The van der Waals surface area contributed by atoms with E-state index < -0.39 is 0 Å². The molecular formula is C16H28N2O. The maximum atomic E-state index is 5.26. The Morgan fingerprint density at radius 1 is 1.32 bits per heavy atom. The lowest BCUT2D eigenvalue weighted by molar-refractivity contribution is 0.274. The van der Waals surface area contributed by atoms with Gasteiger partial charge in [-0.25, -0.2) is 0 Å². The zero-order chi connectivity index (χ0) is 14.1. The quantitative estimate of drug-likeness (QED) is 0.742. The summed E-state index contributed by atoms with van der Waals surface area (Å²) in [7, 11) is 3.89. The van der Waals surface area contributed by atoms with Gasteiger partial charge in [0.1, 0.15) is 5.75 Å². The van der Waals surface area contributed by atoms with Crippen LogP contribution in [0.2, 0.25) is 0 Å². The lowest BCUT2D eigenvalue weighted by atomic mass is 10.1. The largest absolute Gasteiger partial charge is 0.497 e. The Balaban J connectivity index is 2.50. The summed E-state index contributed by atoms with van der Waals surface area (Å²) in [6.07, 6.45) is 2.46. The monoisotopic (exact) mass is 264 g/mol. The molecule has 0 saturated carbocycles. The molecule has 0 aliphatic heterocycles. The van der Waals surface area contributed by atoms with E-state index in [2.05, 4.69) is 49.3 Å². The maximum Gasteiger partial charge on any atom is 0.119 e. The fraction of sp³-hybridized carbons (Fsp3) is 0.625. The molecule has 1 aromatic carbocycles. The summed E-state index contributed by atoms with van der Waals surface area (Å²) in [6, 6.07) is 8.89. The highest BCUT2D eigenvalue weighted by molar-refractivity contribution is 5.28. The third-order valence-corrected chi connectivity index (χ3v) is 3.25. The van der Waals surface area contributed by atoms with E-state index in [0.29, 0.717) is 6.04 Å². The van der Waals surface area contributed by atoms with Crippen LogP contribution in [0.4, 0.5) is 0 Å². The van der Waals surface area contributed by atoms with Crippen molar-refractivity contribution in [1.82, 2.24) is 10.2 Å². The first-order chi connectivity index (χ1) is 9.19. The summed E-state index contributed by atoms with van der Waals surface area (Å²) in [5, 5.41) is 3.56. The highest BCUT2D eigenvalue weighted by Crippen LogP contribution is 2.14. The van der Waals surface area contributed by atoms with Crippen LogP contribution in [0.25, 0.3) is 0 Å². The first kappa shape index (κ1) is 16.0. The van der Waals surface area contributed by atoms with E-state index in [1.54, 1.807) is 7.11 Å². The van der Waals surface area contributed by atoms with Crippen molar-refractivity contribution in [2.24, 2.45) is 0 Å². The molecule has 0 amide bonds. The molecule has 0 aliphatic rings. The summed E-state index contributed by atoms with van der Waals surface area (Å²) in [5.74, 6) is 0.933. The minimum absolute atomic E-state index is 0.589. The molecule has 0 radical (unpaired) electrons. The van der Waals surface area contributed by atoms with Crippen LogP contribution in [0.15, 0.2) is 24.3 Å². The summed E-state index contributed by atoms with van der Waals surface area (Å²) in [6.45, 7) is 7.50. The van der Waals surface area contributed by atoms with Crippen molar-refractivity contribution in [3.05, 3.63) is 29.8 Å². The van der Waals surface area contributed by atoms with E-state index in [4.69, 9.17) is 4.74 Å². The Morgan fingerprint density at radius 2 is 2.11 bits per heavy atom. The third kappa shape index (κ3) is 6.08. The van der Waals surface area contributed by atoms with Gasteiger partial charge in [0.2, 0.25) is 0 Å². The van der Waals surface area contributed by atoms with Crippen LogP contribution < -0.4 is 10.1 Å². The minimum atomic E-state index is 0.589. The predicted octanol–water partition coefficient (Wildman–Crippen LogP) is 2.91. The Labute approximate surface area is 118 Å². The molecule has 1 atom stereocenters. The molecule has 1 N–H and O–H groups in total. The van der Waals surface area contributed by atoms with Crippen LogP contribution in [-0.2, 0) is 6.54 Å². The van der Waals surface area contributed by atoms with Crippen molar-refractivity contribution in [3.8, 4) is 5.75 Å². The topological polar surface area (TPSA) is 24.5 Å². The first-order valence-electron chi connectivity index (χ1n) is 7.24. The minimum Gasteiger partial charge on any atom is -0.497 e. The van der Waals surface area contributed by atoms with E-state index in [1.807, 2.05) is 6.07 Å². The Hall–Kier alpha value is -1.06. The van der Waals surface area contributed by atoms with Crippen LogP contribution >= 0.6 is 0 Å². The third-order valence-electron chi connectivity index (χ3n) is 3.25. The molecule has 0 spiro atoms. The summed E-state index contributed by atoms with van der Waals surface area (Å²) >= 11 is 0. The summed E-state index contributed by atoms with van der Waals surface area (Å²) < 4.78 is 5.26. The van der Waals surface area contributed by atoms with Gasteiger partial charge in [-0.05, 0) is 37.7 Å². The van der Waals surface area contributed by atoms with Gasteiger partial charge in [0.25, 0.3) is 0 Å². The second-order valence-electron chi connectivity index (χ2n) is 5.09. The van der Waals surface area contributed by atoms with Gasteiger partial charge in [-0.1, -0.05) is 32.4 Å². The van der Waals surface area contributed by atoms with Crippen LogP contribution in [-0.4, -0.2) is 38.2 Å². The van der Waals surface area contributed by atoms with Crippen molar-refractivity contribution >= 4 is 0 Å². The molecule has 0 heterocycles. The number of rotatable bonds is 9. The number of likely N-dealkylation sites (N-methyl/N-ethyl adjacent to an activating group) is 2. The lowest BCUT2D eigenvalue weighted by Gasteiger charge is -2.24. The Kier molecular flexibility index (Phi) is 7.53. The smallest absolute Gasteiger partial charge is 0.119 e. The van der Waals surface area contributed by atoms with Crippen molar-refractivity contribution in [3.63, 3.8) is 0 Å². The zero-order valence-corrected chi connectivity index (χ0v) is 12.8. The first-order valence-corrected chi connectivity index (χ1v) is 7.24. The van der Waals surface area contributed by atoms with E-state index in [-0.39, 0.29) is 0 Å². The molecule has 1 aromatic rings. The molecule has 108 valence electrons. The lowest BCUT2D eigenvalue weighted by Crippen LogP contribution is -2.39. The molecule has 1 unspecified atom stereocenters. The number of nitrogens with zero attached hydrogens (tertiary/aromatic N) is 1. The highest BCUT2D eigenvalue weighted by Gasteiger charge is 2.10. The van der Waals surface area contributed by atoms with Crippen LogP contribution in [0, 0.1) is 0 Å². The Bertz CT molecular complexity index is 348. The number of methoxy groups -OCH3 is 1. The molecule has 0 bridgehead atoms. The molecule has 0 fully saturated rings. The number of nitrogens with one attached hydrogen (secondary N) is 1. The van der Waals surface area contributed by atoms with E-state index in [0.717, 1.165) is 25.4 Å². The van der Waals surface area contributed by atoms with Crippen molar-refractivity contribution < 1.29 is 4.74 Å². The van der Waals surface area contributed by atoms with Crippen molar-refractivity contribution in [2.75, 3.05) is 27.2 Å². The molecule has 1 rings (SSSR count).